The quantitative estimate of drug-likeness (QED) is 0.871. The summed E-state index contributed by atoms with van der Waals surface area (Å²) in [5.74, 6) is -0.529. The summed E-state index contributed by atoms with van der Waals surface area (Å²) in [5.41, 5.74) is 0.399. The second-order valence-corrected chi connectivity index (χ2v) is 5.44. The lowest BCUT2D eigenvalue weighted by Gasteiger charge is -2.35. The molecule has 4 nitrogen and oxygen atoms in total. The van der Waals surface area contributed by atoms with Gasteiger partial charge >= 0.3 is 0 Å². The highest BCUT2D eigenvalue weighted by Gasteiger charge is 2.23. The maximum Gasteiger partial charge on any atom is 0.227 e. The molecule has 1 fully saturated rings. The monoisotopic (exact) mass is 317 g/mol. The molecular weight excluding hydrogens is 300 g/mol. The molecule has 0 spiro atoms. The molecule has 2 heterocycles. The van der Waals surface area contributed by atoms with Crippen molar-refractivity contribution in [2.24, 2.45) is 0 Å². The molecule has 1 aromatic carbocycles. The Labute approximate surface area is 133 Å². The van der Waals surface area contributed by atoms with Gasteiger partial charge in [-0.25, -0.2) is 13.8 Å². The third-order valence-corrected chi connectivity index (χ3v) is 3.97. The predicted octanol–water partition coefficient (Wildman–Crippen LogP) is 2.25. The highest BCUT2D eigenvalue weighted by atomic mass is 19.1. The number of anilines is 1. The first-order valence-corrected chi connectivity index (χ1v) is 7.52. The van der Waals surface area contributed by atoms with Crippen molar-refractivity contribution in [3.8, 4) is 0 Å². The van der Waals surface area contributed by atoms with Crippen molar-refractivity contribution in [1.82, 2.24) is 9.88 Å². The van der Waals surface area contributed by atoms with Crippen LogP contribution in [0.1, 0.15) is 5.56 Å². The van der Waals surface area contributed by atoms with Gasteiger partial charge < -0.3 is 9.80 Å². The van der Waals surface area contributed by atoms with Gasteiger partial charge in [0, 0.05) is 32.4 Å². The molecule has 1 aliphatic heterocycles. The molecule has 0 radical (unpaired) electrons. The minimum Gasteiger partial charge on any atom is -0.351 e. The van der Waals surface area contributed by atoms with Crippen molar-refractivity contribution in [3.05, 3.63) is 59.8 Å². The number of halogens is 2. The van der Waals surface area contributed by atoms with E-state index in [9.17, 15) is 13.6 Å². The van der Waals surface area contributed by atoms with Crippen LogP contribution in [0.25, 0.3) is 0 Å². The number of rotatable bonds is 3. The molecule has 0 aliphatic carbocycles. The number of benzene rings is 1. The molecule has 1 amide bonds. The number of pyridine rings is 1. The van der Waals surface area contributed by atoms with Crippen LogP contribution in [0.4, 0.5) is 14.6 Å². The predicted molar refractivity (Wildman–Crippen MR) is 83.1 cm³/mol. The van der Waals surface area contributed by atoms with E-state index in [1.54, 1.807) is 35.4 Å². The third-order valence-electron chi connectivity index (χ3n) is 3.97. The summed E-state index contributed by atoms with van der Waals surface area (Å²) in [5, 5.41) is 0. The summed E-state index contributed by atoms with van der Waals surface area (Å²) in [6.07, 6.45) is 1.60. The smallest absolute Gasteiger partial charge is 0.227 e. The average Bonchev–Trinajstić information content (AvgIpc) is 2.57. The van der Waals surface area contributed by atoms with Crippen LogP contribution in [-0.4, -0.2) is 42.0 Å². The number of aromatic nitrogens is 1. The number of nitrogens with zero attached hydrogens (tertiary/aromatic N) is 3. The Bertz CT molecular complexity index is 700. The molecule has 0 saturated carbocycles. The van der Waals surface area contributed by atoms with Gasteiger partial charge in [0.05, 0.1) is 6.42 Å². The summed E-state index contributed by atoms with van der Waals surface area (Å²) in [6, 6.07) is 9.21. The second kappa shape index (κ2) is 6.73. The Kier molecular flexibility index (Phi) is 4.50. The number of piperazine rings is 1. The van der Waals surface area contributed by atoms with Crippen molar-refractivity contribution in [2.75, 3.05) is 31.1 Å². The van der Waals surface area contributed by atoms with Crippen molar-refractivity contribution >= 4 is 11.7 Å². The average molecular weight is 317 g/mol. The summed E-state index contributed by atoms with van der Waals surface area (Å²) < 4.78 is 27.4. The van der Waals surface area contributed by atoms with Crippen molar-refractivity contribution in [3.63, 3.8) is 0 Å². The molecule has 0 unspecified atom stereocenters. The standard InChI is InChI=1S/C17H17F2N3O/c18-14-5-2-1-4-13(14)12-16(23)21-8-10-22(11-9-21)17-15(19)6-3-7-20-17/h1-7H,8-12H2. The van der Waals surface area contributed by atoms with E-state index in [1.165, 1.54) is 12.1 Å². The van der Waals surface area contributed by atoms with E-state index in [0.717, 1.165) is 0 Å². The fraction of sp³-hybridized carbons (Fsp3) is 0.294. The highest BCUT2D eigenvalue weighted by molar-refractivity contribution is 5.79. The fourth-order valence-electron chi connectivity index (χ4n) is 2.69. The maximum absolute atomic E-state index is 13.7. The van der Waals surface area contributed by atoms with Crippen LogP contribution >= 0.6 is 0 Å². The molecule has 0 bridgehead atoms. The van der Waals surface area contributed by atoms with Gasteiger partial charge in [0.1, 0.15) is 5.82 Å². The van der Waals surface area contributed by atoms with E-state index in [1.807, 2.05) is 4.90 Å². The van der Waals surface area contributed by atoms with Crippen molar-refractivity contribution in [1.29, 1.82) is 0 Å². The molecule has 0 N–H and O–H groups in total. The minimum atomic E-state index is -0.366. The zero-order valence-corrected chi connectivity index (χ0v) is 12.6. The van der Waals surface area contributed by atoms with E-state index >= 15 is 0 Å². The van der Waals surface area contributed by atoms with Crippen LogP contribution in [-0.2, 0) is 11.2 Å². The number of hydrogen-bond acceptors (Lipinski definition) is 3. The second-order valence-electron chi connectivity index (χ2n) is 5.44. The Morgan fingerprint density at radius 1 is 1.00 bits per heavy atom. The number of amides is 1. The van der Waals surface area contributed by atoms with Crippen LogP contribution in [0.15, 0.2) is 42.6 Å². The lowest BCUT2D eigenvalue weighted by molar-refractivity contribution is -0.130. The normalized spacial score (nSPS) is 14.9. The Balaban J connectivity index is 1.60. The molecule has 6 heteroatoms. The largest absolute Gasteiger partial charge is 0.351 e. The Morgan fingerprint density at radius 3 is 2.39 bits per heavy atom. The molecule has 1 aromatic heterocycles. The van der Waals surface area contributed by atoms with Crippen LogP contribution in [0.2, 0.25) is 0 Å². The van der Waals surface area contributed by atoms with Gasteiger partial charge in [-0.05, 0) is 23.8 Å². The van der Waals surface area contributed by atoms with Gasteiger partial charge in [-0.15, -0.1) is 0 Å². The summed E-state index contributed by atoms with van der Waals surface area (Å²) in [6.45, 7) is 1.97. The van der Waals surface area contributed by atoms with E-state index in [2.05, 4.69) is 4.98 Å². The summed E-state index contributed by atoms with van der Waals surface area (Å²) >= 11 is 0. The van der Waals surface area contributed by atoms with E-state index in [4.69, 9.17) is 0 Å². The number of hydrogen-bond donors (Lipinski definition) is 0. The molecule has 120 valence electrons. The van der Waals surface area contributed by atoms with Gasteiger partial charge in [-0.3, -0.25) is 4.79 Å². The van der Waals surface area contributed by atoms with Crippen LogP contribution < -0.4 is 4.90 Å². The van der Waals surface area contributed by atoms with Crippen molar-refractivity contribution in [2.45, 2.75) is 6.42 Å². The fourth-order valence-corrected chi connectivity index (χ4v) is 2.69. The van der Waals surface area contributed by atoms with Gasteiger partial charge in [-0.2, -0.15) is 0 Å². The third kappa shape index (κ3) is 3.47. The first-order valence-electron chi connectivity index (χ1n) is 7.52. The Hall–Kier alpha value is -2.50. The van der Waals surface area contributed by atoms with E-state index in [0.29, 0.717) is 37.6 Å². The van der Waals surface area contributed by atoms with Crippen LogP contribution in [0.3, 0.4) is 0 Å². The first-order chi connectivity index (χ1) is 11.1. The molecule has 3 rings (SSSR count). The van der Waals surface area contributed by atoms with Gasteiger partial charge in [0.25, 0.3) is 0 Å². The molecule has 23 heavy (non-hydrogen) atoms. The maximum atomic E-state index is 13.7. The molecule has 1 aliphatic rings. The molecule has 1 saturated heterocycles. The van der Waals surface area contributed by atoms with Gasteiger partial charge in [0.2, 0.25) is 5.91 Å². The Morgan fingerprint density at radius 2 is 1.70 bits per heavy atom. The topological polar surface area (TPSA) is 36.4 Å². The van der Waals surface area contributed by atoms with E-state index in [-0.39, 0.29) is 24.0 Å². The SMILES string of the molecule is O=C(Cc1ccccc1F)N1CCN(c2ncccc2F)CC1. The van der Waals surface area contributed by atoms with Crippen molar-refractivity contribution < 1.29 is 13.6 Å². The van der Waals surface area contributed by atoms with Gasteiger partial charge in [0.15, 0.2) is 11.6 Å². The van der Waals surface area contributed by atoms with Gasteiger partial charge in [-0.1, -0.05) is 18.2 Å². The lowest BCUT2D eigenvalue weighted by atomic mass is 10.1. The van der Waals surface area contributed by atoms with E-state index < -0.39 is 0 Å². The summed E-state index contributed by atoms with van der Waals surface area (Å²) in [4.78, 5) is 19.8. The minimum absolute atomic E-state index is 0.0463. The molecule has 2 aromatic rings. The number of carbonyl (C=O) groups is 1. The molecule has 0 atom stereocenters. The highest BCUT2D eigenvalue weighted by Crippen LogP contribution is 2.18. The number of carbonyl (C=O) groups excluding carboxylic acids is 1. The van der Waals surface area contributed by atoms with Crippen LogP contribution in [0, 0.1) is 11.6 Å². The zero-order valence-electron chi connectivity index (χ0n) is 12.6. The van der Waals surface area contributed by atoms with Crippen LogP contribution in [0.5, 0.6) is 0 Å². The summed E-state index contributed by atoms with van der Waals surface area (Å²) in [7, 11) is 0. The lowest BCUT2D eigenvalue weighted by Crippen LogP contribution is -2.49. The zero-order chi connectivity index (χ0) is 16.2. The first kappa shape index (κ1) is 15.4. The molecular formula is C17H17F2N3O.